The standard InChI is InChI=1S/C17H25NO3S/c1-4-5-12(3)18-16(19)10-21-17(20)15-9-13-8-11(2)6-7-14(13)22-15/h9,11-12H,4-8,10H2,1-3H3,(H,18,19)/t11-,12-/m1/s1. The predicted octanol–water partition coefficient (Wildman–Crippen LogP) is 3.33. The van der Waals surface area contributed by atoms with Crippen LogP contribution in [-0.2, 0) is 22.4 Å². The summed E-state index contributed by atoms with van der Waals surface area (Å²) in [6.45, 7) is 6.06. The van der Waals surface area contributed by atoms with Crippen molar-refractivity contribution in [3.05, 3.63) is 21.4 Å². The zero-order valence-electron chi connectivity index (χ0n) is 13.6. The van der Waals surface area contributed by atoms with Crippen LogP contribution in [0.2, 0.25) is 0 Å². The summed E-state index contributed by atoms with van der Waals surface area (Å²) in [6, 6.07) is 2.06. The Morgan fingerprint density at radius 1 is 1.50 bits per heavy atom. The van der Waals surface area contributed by atoms with Gasteiger partial charge in [0.2, 0.25) is 0 Å². The van der Waals surface area contributed by atoms with Gasteiger partial charge >= 0.3 is 5.97 Å². The van der Waals surface area contributed by atoms with E-state index in [0.717, 1.165) is 25.7 Å². The molecule has 0 aromatic carbocycles. The number of thiophene rings is 1. The minimum atomic E-state index is -0.384. The summed E-state index contributed by atoms with van der Waals surface area (Å²) >= 11 is 1.51. The first-order chi connectivity index (χ1) is 10.5. The molecule has 0 bridgehead atoms. The Hall–Kier alpha value is -1.36. The second-order valence-corrected chi connectivity index (χ2v) is 7.38. The minimum absolute atomic E-state index is 0.117. The molecule has 1 aromatic rings. The monoisotopic (exact) mass is 323 g/mol. The number of ether oxygens (including phenoxy) is 1. The maximum Gasteiger partial charge on any atom is 0.348 e. The highest BCUT2D eigenvalue weighted by atomic mass is 32.1. The number of nitrogens with one attached hydrogen (secondary N) is 1. The van der Waals surface area contributed by atoms with Gasteiger partial charge in [0.25, 0.3) is 5.91 Å². The molecule has 1 N–H and O–H groups in total. The van der Waals surface area contributed by atoms with Crippen LogP contribution in [0.25, 0.3) is 0 Å². The molecule has 22 heavy (non-hydrogen) atoms. The summed E-state index contributed by atoms with van der Waals surface area (Å²) < 4.78 is 5.13. The normalized spacial score (nSPS) is 18.4. The van der Waals surface area contributed by atoms with E-state index in [-0.39, 0.29) is 24.5 Å². The van der Waals surface area contributed by atoms with Crippen LogP contribution in [0.4, 0.5) is 0 Å². The summed E-state index contributed by atoms with van der Waals surface area (Å²) in [7, 11) is 0. The SMILES string of the molecule is CCC[C@@H](C)NC(=O)COC(=O)c1cc2c(s1)CC[C@@H](C)C2. The van der Waals surface area contributed by atoms with Crippen molar-refractivity contribution in [2.45, 2.75) is 58.9 Å². The van der Waals surface area contributed by atoms with E-state index in [2.05, 4.69) is 19.2 Å². The van der Waals surface area contributed by atoms with Gasteiger partial charge in [0.05, 0.1) is 0 Å². The fourth-order valence-electron chi connectivity index (χ4n) is 2.83. The van der Waals surface area contributed by atoms with Gasteiger partial charge in [-0.25, -0.2) is 4.79 Å². The van der Waals surface area contributed by atoms with Gasteiger partial charge in [0.1, 0.15) is 4.88 Å². The number of aryl methyl sites for hydroxylation is 1. The van der Waals surface area contributed by atoms with Gasteiger partial charge in [0, 0.05) is 10.9 Å². The third-order valence-electron chi connectivity index (χ3n) is 3.99. The van der Waals surface area contributed by atoms with Crippen LogP contribution in [0, 0.1) is 5.92 Å². The van der Waals surface area contributed by atoms with E-state index < -0.39 is 0 Å². The van der Waals surface area contributed by atoms with Gasteiger partial charge < -0.3 is 10.1 Å². The topological polar surface area (TPSA) is 55.4 Å². The van der Waals surface area contributed by atoms with Gasteiger partial charge in [-0.1, -0.05) is 20.3 Å². The summed E-state index contributed by atoms with van der Waals surface area (Å²) in [5.41, 5.74) is 1.27. The van der Waals surface area contributed by atoms with Crippen molar-refractivity contribution < 1.29 is 14.3 Å². The highest BCUT2D eigenvalue weighted by molar-refractivity contribution is 7.14. The van der Waals surface area contributed by atoms with Crippen molar-refractivity contribution in [2.24, 2.45) is 5.92 Å². The van der Waals surface area contributed by atoms with Gasteiger partial charge in [-0.15, -0.1) is 11.3 Å². The Morgan fingerprint density at radius 2 is 2.27 bits per heavy atom. The number of carbonyl (C=O) groups excluding carboxylic acids is 2. The number of hydrogen-bond donors (Lipinski definition) is 1. The molecule has 5 heteroatoms. The van der Waals surface area contributed by atoms with E-state index >= 15 is 0 Å². The lowest BCUT2D eigenvalue weighted by atomic mass is 9.90. The molecule has 0 saturated carbocycles. The second-order valence-electron chi connectivity index (χ2n) is 6.24. The first-order valence-corrected chi connectivity index (χ1v) is 8.89. The highest BCUT2D eigenvalue weighted by Gasteiger charge is 2.21. The number of rotatable bonds is 6. The van der Waals surface area contributed by atoms with Crippen molar-refractivity contribution in [3.8, 4) is 0 Å². The third-order valence-corrected chi connectivity index (χ3v) is 5.21. The molecule has 1 aliphatic carbocycles. The Bertz CT molecular complexity index is 538. The molecular weight excluding hydrogens is 298 g/mol. The highest BCUT2D eigenvalue weighted by Crippen LogP contribution is 2.32. The molecule has 0 unspecified atom stereocenters. The Kier molecular flexibility index (Phi) is 6.00. The Morgan fingerprint density at radius 3 is 3.00 bits per heavy atom. The van der Waals surface area contributed by atoms with Crippen LogP contribution in [0.5, 0.6) is 0 Å². The van der Waals surface area contributed by atoms with Gasteiger partial charge in [-0.05, 0) is 50.2 Å². The van der Waals surface area contributed by atoms with Crippen LogP contribution in [0.1, 0.15) is 60.1 Å². The molecule has 4 nitrogen and oxygen atoms in total. The van der Waals surface area contributed by atoms with E-state index in [1.807, 2.05) is 13.0 Å². The van der Waals surface area contributed by atoms with Crippen LogP contribution in [0.3, 0.4) is 0 Å². The molecule has 0 spiro atoms. The molecule has 1 heterocycles. The fourth-order valence-corrected chi connectivity index (χ4v) is 3.93. The van der Waals surface area contributed by atoms with Crippen molar-refractivity contribution in [3.63, 3.8) is 0 Å². The number of carbonyl (C=O) groups is 2. The zero-order valence-corrected chi connectivity index (χ0v) is 14.4. The summed E-state index contributed by atoms with van der Waals surface area (Å²) in [5.74, 6) is 0.0615. The molecule has 2 rings (SSSR count). The summed E-state index contributed by atoms with van der Waals surface area (Å²) in [6.07, 6.45) is 5.20. The van der Waals surface area contributed by atoms with Crippen molar-refractivity contribution >= 4 is 23.2 Å². The summed E-state index contributed by atoms with van der Waals surface area (Å²) in [4.78, 5) is 25.7. The van der Waals surface area contributed by atoms with Crippen LogP contribution in [-0.4, -0.2) is 24.5 Å². The van der Waals surface area contributed by atoms with Gasteiger partial charge in [-0.2, -0.15) is 0 Å². The van der Waals surface area contributed by atoms with Crippen LogP contribution in [0.15, 0.2) is 6.07 Å². The fraction of sp³-hybridized carbons (Fsp3) is 0.647. The lowest BCUT2D eigenvalue weighted by Crippen LogP contribution is -2.35. The van der Waals surface area contributed by atoms with E-state index in [1.165, 1.54) is 28.2 Å². The maximum atomic E-state index is 12.1. The number of hydrogen-bond acceptors (Lipinski definition) is 4. The number of amides is 1. The molecule has 0 radical (unpaired) electrons. The molecule has 2 atom stereocenters. The van der Waals surface area contributed by atoms with Crippen molar-refractivity contribution in [1.29, 1.82) is 0 Å². The predicted molar refractivity (Wildman–Crippen MR) is 88.3 cm³/mol. The van der Waals surface area contributed by atoms with E-state index in [9.17, 15) is 9.59 Å². The van der Waals surface area contributed by atoms with Crippen molar-refractivity contribution in [2.75, 3.05) is 6.61 Å². The number of esters is 1. The zero-order chi connectivity index (χ0) is 16.1. The first-order valence-electron chi connectivity index (χ1n) is 8.07. The lowest BCUT2D eigenvalue weighted by molar-refractivity contribution is -0.124. The molecule has 0 aliphatic heterocycles. The minimum Gasteiger partial charge on any atom is -0.451 e. The number of fused-ring (bicyclic) bond motifs is 1. The Labute approximate surface area is 136 Å². The molecule has 0 saturated heterocycles. The quantitative estimate of drug-likeness (QED) is 0.817. The second kappa shape index (κ2) is 7.77. The molecule has 0 fully saturated rings. The smallest absolute Gasteiger partial charge is 0.348 e. The Balaban J connectivity index is 1.84. The average molecular weight is 323 g/mol. The summed E-state index contributed by atoms with van der Waals surface area (Å²) in [5, 5.41) is 2.83. The molecule has 1 aliphatic rings. The molecular formula is C17H25NO3S. The maximum absolute atomic E-state index is 12.1. The average Bonchev–Trinajstić information content (AvgIpc) is 2.88. The third kappa shape index (κ3) is 4.57. The molecule has 1 amide bonds. The lowest BCUT2D eigenvalue weighted by Gasteiger charge is -2.16. The van der Waals surface area contributed by atoms with Crippen molar-refractivity contribution in [1.82, 2.24) is 5.32 Å². The van der Waals surface area contributed by atoms with Crippen LogP contribution >= 0.6 is 11.3 Å². The van der Waals surface area contributed by atoms with E-state index in [4.69, 9.17) is 4.74 Å². The first kappa shape index (κ1) is 17.0. The van der Waals surface area contributed by atoms with E-state index in [0.29, 0.717) is 10.8 Å². The van der Waals surface area contributed by atoms with Crippen LogP contribution < -0.4 is 5.32 Å². The largest absolute Gasteiger partial charge is 0.451 e. The van der Waals surface area contributed by atoms with Gasteiger partial charge in [-0.3, -0.25) is 4.79 Å². The molecule has 122 valence electrons. The molecule has 1 aromatic heterocycles. The van der Waals surface area contributed by atoms with Gasteiger partial charge in [0.15, 0.2) is 6.61 Å². The van der Waals surface area contributed by atoms with E-state index in [1.54, 1.807) is 0 Å².